The van der Waals surface area contributed by atoms with Gasteiger partial charge in [-0.3, -0.25) is 14.5 Å². The number of Topliss-reactive ketones (excluding diaryl/α,β-unsaturated/α-hetero) is 1. The number of rotatable bonds is 5. The van der Waals surface area contributed by atoms with Gasteiger partial charge in [-0.05, 0) is 44.9 Å². The van der Waals surface area contributed by atoms with Crippen LogP contribution in [0.2, 0.25) is 0 Å². The Balaban J connectivity index is 1.36. The van der Waals surface area contributed by atoms with Crippen LogP contribution >= 0.6 is 0 Å². The molecule has 4 rings (SSSR count). The zero-order valence-corrected chi connectivity index (χ0v) is 18.3. The summed E-state index contributed by atoms with van der Waals surface area (Å²) in [6, 6.07) is 12.2. The highest BCUT2D eigenvalue weighted by molar-refractivity contribution is 5.99. The van der Waals surface area contributed by atoms with E-state index in [1.54, 1.807) is 0 Å². The molecule has 0 unspecified atom stereocenters. The fraction of sp³-hybridized carbons (Fsp3) is 0.520. The quantitative estimate of drug-likeness (QED) is 0.704. The van der Waals surface area contributed by atoms with Gasteiger partial charge in [0.15, 0.2) is 5.78 Å². The fourth-order valence-corrected chi connectivity index (χ4v) is 5.04. The Morgan fingerprint density at radius 3 is 2.27 bits per heavy atom. The average molecular weight is 408 g/mol. The molecule has 0 bridgehead atoms. The molecule has 2 heterocycles. The number of hydrogen-bond donors (Lipinski definition) is 0. The molecule has 5 heteroatoms. The number of para-hydroxylation sites is 1. The summed E-state index contributed by atoms with van der Waals surface area (Å²) in [5.41, 5.74) is 3.96. The van der Waals surface area contributed by atoms with E-state index in [0.29, 0.717) is 12.5 Å². The van der Waals surface area contributed by atoms with Crippen LogP contribution in [-0.4, -0.2) is 58.8 Å². The third-order valence-corrected chi connectivity index (χ3v) is 6.75. The van der Waals surface area contributed by atoms with Gasteiger partial charge in [-0.2, -0.15) is 0 Å². The van der Waals surface area contributed by atoms with Crippen LogP contribution in [0.4, 0.5) is 0 Å². The van der Waals surface area contributed by atoms with E-state index < -0.39 is 0 Å². The molecule has 0 N–H and O–H groups in total. The normalized spacial score (nSPS) is 18.5. The van der Waals surface area contributed by atoms with E-state index in [4.69, 9.17) is 0 Å². The van der Waals surface area contributed by atoms with Crippen molar-refractivity contribution in [3.05, 3.63) is 53.3 Å². The van der Waals surface area contributed by atoms with E-state index in [1.165, 1.54) is 19.3 Å². The molecule has 5 nitrogen and oxygen atoms in total. The minimum atomic E-state index is 0.164. The van der Waals surface area contributed by atoms with E-state index in [2.05, 4.69) is 21.6 Å². The lowest BCUT2D eigenvalue weighted by molar-refractivity contribution is -0.138. The van der Waals surface area contributed by atoms with E-state index in [-0.39, 0.29) is 11.7 Å². The minimum absolute atomic E-state index is 0.164. The van der Waals surface area contributed by atoms with Crippen molar-refractivity contribution in [2.24, 2.45) is 5.92 Å². The second-order valence-corrected chi connectivity index (χ2v) is 8.82. The topological polar surface area (TPSA) is 45.6 Å². The number of aromatic nitrogens is 1. The van der Waals surface area contributed by atoms with Crippen molar-refractivity contribution in [1.29, 1.82) is 0 Å². The van der Waals surface area contributed by atoms with Gasteiger partial charge in [0.25, 0.3) is 0 Å². The zero-order valence-electron chi connectivity index (χ0n) is 18.3. The third kappa shape index (κ3) is 4.36. The molecule has 2 aromatic rings. The summed E-state index contributed by atoms with van der Waals surface area (Å²) in [7, 11) is 0. The Morgan fingerprint density at radius 1 is 0.933 bits per heavy atom. The van der Waals surface area contributed by atoms with Crippen LogP contribution in [0.15, 0.2) is 36.4 Å². The van der Waals surface area contributed by atoms with Gasteiger partial charge in [0.1, 0.15) is 0 Å². The van der Waals surface area contributed by atoms with Crippen LogP contribution in [0.5, 0.6) is 0 Å². The van der Waals surface area contributed by atoms with Crippen LogP contribution in [0.3, 0.4) is 0 Å². The molecule has 1 saturated carbocycles. The van der Waals surface area contributed by atoms with Crippen LogP contribution in [0.1, 0.15) is 53.8 Å². The summed E-state index contributed by atoms with van der Waals surface area (Å²) in [5.74, 6) is 0.736. The number of carbonyl (C=O) groups excluding carboxylic acids is 2. The van der Waals surface area contributed by atoms with Crippen molar-refractivity contribution in [3.63, 3.8) is 0 Å². The lowest BCUT2D eigenvalue weighted by Crippen LogP contribution is -2.51. The van der Waals surface area contributed by atoms with Crippen molar-refractivity contribution in [3.8, 4) is 5.69 Å². The Bertz CT molecular complexity index is 889. The first-order chi connectivity index (χ1) is 14.5. The number of amides is 1. The monoisotopic (exact) mass is 407 g/mol. The highest BCUT2D eigenvalue weighted by Gasteiger charge is 2.29. The Morgan fingerprint density at radius 2 is 1.60 bits per heavy atom. The van der Waals surface area contributed by atoms with Crippen molar-refractivity contribution in [2.45, 2.75) is 46.0 Å². The summed E-state index contributed by atoms with van der Waals surface area (Å²) in [5, 5.41) is 0. The van der Waals surface area contributed by atoms with Crippen molar-refractivity contribution >= 4 is 11.7 Å². The second-order valence-electron chi connectivity index (χ2n) is 8.82. The van der Waals surface area contributed by atoms with Crippen LogP contribution in [-0.2, 0) is 4.79 Å². The van der Waals surface area contributed by atoms with E-state index in [1.807, 2.05) is 43.0 Å². The maximum absolute atomic E-state index is 13.1. The zero-order chi connectivity index (χ0) is 21.1. The standard InChI is InChI=1S/C25H33N3O2/c1-19-17-23(20(2)28(19)22-11-7-4-8-12-22)24(29)18-26-13-15-27(16-14-26)25(30)21-9-5-3-6-10-21/h4,7-8,11-12,17,21H,3,5-6,9-10,13-16,18H2,1-2H3. The van der Waals surface area contributed by atoms with Gasteiger partial charge in [-0.25, -0.2) is 0 Å². The van der Waals surface area contributed by atoms with Gasteiger partial charge in [0.05, 0.1) is 6.54 Å². The predicted octanol–water partition coefficient (Wildman–Crippen LogP) is 4.00. The second kappa shape index (κ2) is 9.17. The lowest BCUT2D eigenvalue weighted by atomic mass is 9.88. The Hall–Kier alpha value is -2.40. The van der Waals surface area contributed by atoms with Gasteiger partial charge < -0.3 is 9.47 Å². The number of hydrogen-bond acceptors (Lipinski definition) is 3. The summed E-state index contributed by atoms with van der Waals surface area (Å²) in [6.07, 6.45) is 5.74. The van der Waals surface area contributed by atoms with E-state index >= 15 is 0 Å². The largest absolute Gasteiger partial charge is 0.340 e. The molecule has 2 aliphatic rings. The number of carbonyl (C=O) groups is 2. The highest BCUT2D eigenvalue weighted by atomic mass is 16.2. The number of nitrogens with zero attached hydrogens (tertiary/aromatic N) is 3. The van der Waals surface area contributed by atoms with Gasteiger partial charge >= 0.3 is 0 Å². The smallest absolute Gasteiger partial charge is 0.225 e. The molecule has 1 aliphatic carbocycles. The number of piperazine rings is 1. The highest BCUT2D eigenvalue weighted by Crippen LogP contribution is 2.26. The lowest BCUT2D eigenvalue weighted by Gasteiger charge is -2.36. The van der Waals surface area contributed by atoms with Gasteiger partial charge in [-0.1, -0.05) is 37.5 Å². The average Bonchev–Trinajstić information content (AvgIpc) is 3.09. The van der Waals surface area contributed by atoms with Gasteiger partial charge in [-0.15, -0.1) is 0 Å². The van der Waals surface area contributed by atoms with Crippen LogP contribution in [0, 0.1) is 19.8 Å². The molecule has 0 atom stereocenters. The summed E-state index contributed by atoms with van der Waals surface area (Å²) in [4.78, 5) is 30.0. The SMILES string of the molecule is Cc1cc(C(=O)CN2CCN(C(=O)C3CCCCC3)CC2)c(C)n1-c1ccccc1. The fourth-order valence-electron chi connectivity index (χ4n) is 5.04. The maximum atomic E-state index is 13.1. The maximum Gasteiger partial charge on any atom is 0.225 e. The third-order valence-electron chi connectivity index (χ3n) is 6.75. The van der Waals surface area contributed by atoms with Crippen LogP contribution in [0.25, 0.3) is 5.69 Å². The van der Waals surface area contributed by atoms with E-state index in [9.17, 15) is 9.59 Å². The molecule has 160 valence electrons. The van der Waals surface area contributed by atoms with Crippen molar-refractivity contribution < 1.29 is 9.59 Å². The first kappa shape index (κ1) is 20.9. The summed E-state index contributed by atoms with van der Waals surface area (Å²) < 4.78 is 2.15. The molecule has 1 aromatic heterocycles. The molecule has 2 fully saturated rings. The first-order valence-electron chi connectivity index (χ1n) is 11.3. The first-order valence-corrected chi connectivity index (χ1v) is 11.3. The minimum Gasteiger partial charge on any atom is -0.340 e. The Labute approximate surface area is 179 Å². The van der Waals surface area contributed by atoms with Crippen molar-refractivity contribution in [2.75, 3.05) is 32.7 Å². The molecule has 30 heavy (non-hydrogen) atoms. The van der Waals surface area contributed by atoms with Gasteiger partial charge in [0.2, 0.25) is 5.91 Å². The molecule has 0 spiro atoms. The molecule has 1 aromatic carbocycles. The van der Waals surface area contributed by atoms with E-state index in [0.717, 1.165) is 61.7 Å². The molecule has 0 radical (unpaired) electrons. The van der Waals surface area contributed by atoms with Gasteiger partial charge in [0, 0.05) is 54.7 Å². The van der Waals surface area contributed by atoms with Crippen molar-refractivity contribution in [1.82, 2.24) is 14.4 Å². The molecule has 1 aliphatic heterocycles. The molecule has 1 amide bonds. The Kier molecular flexibility index (Phi) is 6.38. The van der Waals surface area contributed by atoms with Crippen LogP contribution < -0.4 is 0 Å². The number of benzene rings is 1. The summed E-state index contributed by atoms with van der Waals surface area (Å²) in [6.45, 7) is 7.53. The number of aryl methyl sites for hydroxylation is 1. The molecular formula is C25H33N3O2. The predicted molar refractivity (Wildman–Crippen MR) is 119 cm³/mol. The summed E-state index contributed by atoms with van der Waals surface area (Å²) >= 11 is 0. The molecular weight excluding hydrogens is 374 g/mol. The molecule has 1 saturated heterocycles. The number of ketones is 1.